The second kappa shape index (κ2) is 11.6. The molecule has 1 aliphatic rings. The summed E-state index contributed by atoms with van der Waals surface area (Å²) in [6, 6.07) is 9.53. The summed E-state index contributed by atoms with van der Waals surface area (Å²) in [5.41, 5.74) is 1.68. The van der Waals surface area contributed by atoms with Crippen LogP contribution in [-0.4, -0.2) is 30.4 Å². The van der Waals surface area contributed by atoms with E-state index in [1.807, 2.05) is 0 Å². The molecule has 0 saturated carbocycles. The summed E-state index contributed by atoms with van der Waals surface area (Å²) in [7, 11) is 1.52. The molecule has 0 aliphatic carbocycles. The van der Waals surface area contributed by atoms with Crippen LogP contribution >= 0.6 is 34.5 Å². The number of aromatic nitrogens is 1. The minimum Gasteiger partial charge on any atom is -0.493 e. The first kappa shape index (κ1) is 27.7. The normalized spacial score (nSPS) is 15.2. The molecule has 7 nitrogen and oxygen atoms in total. The third kappa shape index (κ3) is 5.57. The van der Waals surface area contributed by atoms with E-state index in [-0.39, 0.29) is 17.2 Å². The summed E-state index contributed by atoms with van der Waals surface area (Å²) in [5, 5.41) is 0.907. The fourth-order valence-corrected chi connectivity index (χ4v) is 5.56. The molecule has 2 aromatic carbocycles. The smallest absolute Gasteiger partial charge is 0.338 e. The molecule has 3 aromatic rings. The highest BCUT2D eigenvalue weighted by atomic mass is 35.5. The monoisotopic (exact) mass is 572 g/mol. The second-order valence-electron chi connectivity index (χ2n) is 8.71. The van der Waals surface area contributed by atoms with Crippen LogP contribution in [0.1, 0.15) is 37.9 Å². The number of halogens is 2. The largest absolute Gasteiger partial charge is 0.493 e. The fraction of sp³-hybridized carbons (Fsp3) is 0.250. The SMILES string of the molecule is C=CCOc1ccc(C2C(C(=O)OC(C)C)=C(C)N=c3sc(=Cc4ccc(Cl)cc4Cl)c(=O)n32)cc1OC. The number of esters is 1. The third-order valence-electron chi connectivity index (χ3n) is 5.69. The van der Waals surface area contributed by atoms with E-state index < -0.39 is 12.0 Å². The molecule has 0 radical (unpaired) electrons. The van der Waals surface area contributed by atoms with E-state index in [9.17, 15) is 9.59 Å². The van der Waals surface area contributed by atoms with Crippen LogP contribution in [0.2, 0.25) is 10.0 Å². The molecule has 0 amide bonds. The van der Waals surface area contributed by atoms with Gasteiger partial charge < -0.3 is 14.2 Å². The Bertz CT molecular complexity index is 1620. The van der Waals surface area contributed by atoms with E-state index in [0.29, 0.717) is 54.3 Å². The summed E-state index contributed by atoms with van der Waals surface area (Å²) in [5.74, 6) is 0.408. The number of thiazole rings is 1. The highest BCUT2D eigenvalue weighted by Gasteiger charge is 2.34. The Morgan fingerprint density at radius 1 is 1.21 bits per heavy atom. The molecule has 1 unspecified atom stereocenters. The number of fused-ring (bicyclic) bond motifs is 1. The Hall–Kier alpha value is -3.33. The predicted molar refractivity (Wildman–Crippen MR) is 150 cm³/mol. The van der Waals surface area contributed by atoms with Crippen LogP contribution < -0.4 is 24.4 Å². The minimum atomic E-state index is -0.803. The molecular weight excluding hydrogens is 547 g/mol. The quantitative estimate of drug-likeness (QED) is 0.278. The molecule has 10 heteroatoms. The van der Waals surface area contributed by atoms with Gasteiger partial charge in [0.25, 0.3) is 5.56 Å². The number of hydrogen-bond donors (Lipinski definition) is 0. The molecule has 0 N–H and O–H groups in total. The first-order valence-corrected chi connectivity index (χ1v) is 13.3. The lowest BCUT2D eigenvalue weighted by molar-refractivity contribution is -0.143. The standard InChI is InChI=1S/C28H26Cl2N2O5S/c1-6-11-36-21-10-8-18(12-22(21)35-5)25-24(27(34)37-15(2)3)16(4)31-28-32(25)26(33)23(38-28)13-17-7-9-19(29)14-20(17)30/h6-10,12-15,25H,1,11H2,2-5H3. The van der Waals surface area contributed by atoms with E-state index in [1.54, 1.807) is 69.3 Å². The maximum Gasteiger partial charge on any atom is 0.338 e. The fourth-order valence-electron chi connectivity index (χ4n) is 4.06. The average molecular weight is 573 g/mol. The van der Waals surface area contributed by atoms with Gasteiger partial charge in [-0.2, -0.15) is 0 Å². The number of hydrogen-bond acceptors (Lipinski definition) is 7. The number of benzene rings is 2. The van der Waals surface area contributed by atoms with Gasteiger partial charge in [-0.05, 0) is 62.2 Å². The second-order valence-corrected chi connectivity index (χ2v) is 10.6. The van der Waals surface area contributed by atoms with Crippen molar-refractivity contribution in [1.29, 1.82) is 0 Å². The summed E-state index contributed by atoms with van der Waals surface area (Å²) in [4.78, 5) is 32.2. The van der Waals surface area contributed by atoms with Crippen LogP contribution in [0.4, 0.5) is 0 Å². The van der Waals surface area contributed by atoms with Crippen LogP contribution in [0.25, 0.3) is 6.08 Å². The number of nitrogens with zero attached hydrogens (tertiary/aromatic N) is 2. The van der Waals surface area contributed by atoms with Gasteiger partial charge in [0.05, 0.1) is 35.1 Å². The van der Waals surface area contributed by atoms with Crippen LogP contribution in [0.15, 0.2) is 70.1 Å². The number of methoxy groups -OCH3 is 1. The molecular formula is C28H26Cl2N2O5S. The van der Waals surface area contributed by atoms with Gasteiger partial charge in [0.15, 0.2) is 16.3 Å². The number of carbonyl (C=O) groups is 1. The summed E-state index contributed by atoms with van der Waals surface area (Å²) in [6.45, 7) is 9.23. The first-order chi connectivity index (χ1) is 18.1. The zero-order chi connectivity index (χ0) is 27.6. The van der Waals surface area contributed by atoms with Gasteiger partial charge >= 0.3 is 5.97 Å². The molecule has 1 aliphatic heterocycles. The van der Waals surface area contributed by atoms with Crippen molar-refractivity contribution in [3.8, 4) is 11.5 Å². The molecule has 0 spiro atoms. The highest BCUT2D eigenvalue weighted by Crippen LogP contribution is 2.36. The van der Waals surface area contributed by atoms with Gasteiger partial charge in [0, 0.05) is 10.0 Å². The van der Waals surface area contributed by atoms with Gasteiger partial charge in [0.2, 0.25) is 0 Å². The Morgan fingerprint density at radius 2 is 1.97 bits per heavy atom. The minimum absolute atomic E-state index is 0.268. The highest BCUT2D eigenvalue weighted by molar-refractivity contribution is 7.07. The molecule has 1 aromatic heterocycles. The number of ether oxygens (including phenoxy) is 3. The molecule has 2 heterocycles. The molecule has 0 fully saturated rings. The van der Waals surface area contributed by atoms with E-state index in [1.165, 1.54) is 23.0 Å². The van der Waals surface area contributed by atoms with E-state index in [2.05, 4.69) is 11.6 Å². The lowest BCUT2D eigenvalue weighted by atomic mass is 9.95. The van der Waals surface area contributed by atoms with Crippen molar-refractivity contribution in [3.05, 3.63) is 101 Å². The Labute approximate surface area is 233 Å². The van der Waals surface area contributed by atoms with Crippen molar-refractivity contribution in [3.63, 3.8) is 0 Å². The zero-order valence-corrected chi connectivity index (χ0v) is 23.6. The third-order valence-corrected chi connectivity index (χ3v) is 7.24. The van der Waals surface area contributed by atoms with Crippen LogP contribution in [0.3, 0.4) is 0 Å². The first-order valence-electron chi connectivity index (χ1n) is 11.7. The van der Waals surface area contributed by atoms with E-state index >= 15 is 0 Å². The van der Waals surface area contributed by atoms with Crippen LogP contribution in [-0.2, 0) is 9.53 Å². The van der Waals surface area contributed by atoms with Crippen molar-refractivity contribution >= 4 is 46.6 Å². The molecule has 38 heavy (non-hydrogen) atoms. The molecule has 1 atom stereocenters. The zero-order valence-electron chi connectivity index (χ0n) is 21.3. The van der Waals surface area contributed by atoms with Crippen molar-refractivity contribution in [2.45, 2.75) is 32.9 Å². The number of allylic oxidation sites excluding steroid dienone is 1. The van der Waals surface area contributed by atoms with Gasteiger partial charge in [-0.3, -0.25) is 9.36 Å². The average Bonchev–Trinajstić information content (AvgIpc) is 3.17. The molecule has 198 valence electrons. The summed E-state index contributed by atoms with van der Waals surface area (Å²) in [6.07, 6.45) is 2.96. The predicted octanol–water partition coefficient (Wildman–Crippen LogP) is 5.07. The van der Waals surface area contributed by atoms with E-state index in [0.717, 1.165) is 0 Å². The Morgan fingerprint density at radius 3 is 2.63 bits per heavy atom. The maximum absolute atomic E-state index is 13.8. The van der Waals surface area contributed by atoms with Gasteiger partial charge in [-0.25, -0.2) is 9.79 Å². The Kier molecular flexibility index (Phi) is 8.45. The van der Waals surface area contributed by atoms with Crippen LogP contribution in [0.5, 0.6) is 11.5 Å². The van der Waals surface area contributed by atoms with Crippen molar-refractivity contribution in [2.75, 3.05) is 13.7 Å². The van der Waals surface area contributed by atoms with Crippen molar-refractivity contribution < 1.29 is 19.0 Å². The maximum atomic E-state index is 13.8. The summed E-state index contributed by atoms with van der Waals surface area (Å²) >= 11 is 13.6. The van der Waals surface area contributed by atoms with Crippen LogP contribution in [0, 0.1) is 0 Å². The molecule has 0 saturated heterocycles. The topological polar surface area (TPSA) is 79.1 Å². The molecule has 4 rings (SSSR count). The lowest BCUT2D eigenvalue weighted by Crippen LogP contribution is -2.40. The molecule has 0 bridgehead atoms. The lowest BCUT2D eigenvalue weighted by Gasteiger charge is -2.26. The van der Waals surface area contributed by atoms with Gasteiger partial charge in [0.1, 0.15) is 6.61 Å². The number of rotatable bonds is 8. The van der Waals surface area contributed by atoms with Gasteiger partial charge in [-0.15, -0.1) is 0 Å². The summed E-state index contributed by atoms with van der Waals surface area (Å²) < 4.78 is 18.7. The van der Waals surface area contributed by atoms with Gasteiger partial charge in [-0.1, -0.05) is 59.3 Å². The van der Waals surface area contributed by atoms with Crippen molar-refractivity contribution in [2.24, 2.45) is 4.99 Å². The van der Waals surface area contributed by atoms with E-state index in [4.69, 9.17) is 37.4 Å². The van der Waals surface area contributed by atoms with Crippen molar-refractivity contribution in [1.82, 2.24) is 4.57 Å². The number of carbonyl (C=O) groups excluding carboxylic acids is 1. The Balaban J connectivity index is 1.95.